The Morgan fingerprint density at radius 3 is 2.48 bits per heavy atom. The molecule has 1 aliphatic rings. The Morgan fingerprint density at radius 1 is 1.20 bits per heavy atom. The molecular weight excluding hydrogens is 336 g/mol. The molecule has 3 rings (SSSR count). The Hall–Kier alpha value is -2.33. The molecular formula is C20H21ClN2O2. The number of hydrogen-bond donors (Lipinski definition) is 0. The quantitative estimate of drug-likeness (QED) is 0.770. The number of carbonyl (C=O) groups is 1. The van der Waals surface area contributed by atoms with Crippen molar-refractivity contribution in [3.05, 3.63) is 64.7 Å². The van der Waals surface area contributed by atoms with Gasteiger partial charge in [-0.1, -0.05) is 42.8 Å². The van der Waals surface area contributed by atoms with Crippen LogP contribution in [0, 0.1) is 0 Å². The van der Waals surface area contributed by atoms with Crippen molar-refractivity contribution in [1.29, 1.82) is 0 Å². The molecule has 0 spiro atoms. The minimum Gasteiger partial charge on any atom is -0.497 e. The van der Waals surface area contributed by atoms with Crippen molar-refractivity contribution in [2.75, 3.05) is 7.11 Å². The number of rotatable bonds is 5. The molecule has 2 aromatic carbocycles. The fourth-order valence-electron chi connectivity index (χ4n) is 2.97. The van der Waals surface area contributed by atoms with E-state index in [9.17, 15) is 4.79 Å². The Bertz CT molecular complexity index is 769. The molecule has 2 aromatic rings. The monoisotopic (exact) mass is 356 g/mol. The van der Waals surface area contributed by atoms with Crippen LogP contribution in [0.4, 0.5) is 0 Å². The number of methoxy groups -OCH3 is 1. The van der Waals surface area contributed by atoms with Gasteiger partial charge in [0, 0.05) is 17.9 Å². The second-order valence-electron chi connectivity index (χ2n) is 6.03. The van der Waals surface area contributed by atoms with E-state index in [1.54, 1.807) is 12.1 Å². The standard InChI is InChI=1S/C20H21ClN2O2/c1-3-4-20(24)23-19(15-7-11-17(25-2)12-8-15)13-18(22-23)14-5-9-16(21)10-6-14/h5-12,19H,3-4,13H2,1-2H3. The minimum absolute atomic E-state index is 0.0484. The van der Waals surface area contributed by atoms with Crippen molar-refractivity contribution in [3.63, 3.8) is 0 Å². The summed E-state index contributed by atoms with van der Waals surface area (Å²) >= 11 is 5.98. The van der Waals surface area contributed by atoms with Crippen molar-refractivity contribution in [1.82, 2.24) is 5.01 Å². The lowest BCUT2D eigenvalue weighted by molar-refractivity contribution is -0.133. The van der Waals surface area contributed by atoms with Crippen LogP contribution in [-0.2, 0) is 4.79 Å². The number of benzene rings is 2. The third-order valence-corrected chi connectivity index (χ3v) is 4.56. The van der Waals surface area contributed by atoms with Crippen LogP contribution >= 0.6 is 11.6 Å². The van der Waals surface area contributed by atoms with Gasteiger partial charge in [-0.25, -0.2) is 5.01 Å². The zero-order valence-corrected chi connectivity index (χ0v) is 15.2. The second-order valence-corrected chi connectivity index (χ2v) is 6.47. The number of halogens is 1. The molecule has 0 saturated carbocycles. The summed E-state index contributed by atoms with van der Waals surface area (Å²) in [6.45, 7) is 2.00. The molecule has 1 heterocycles. The first-order valence-electron chi connectivity index (χ1n) is 8.41. The number of nitrogens with zero attached hydrogens (tertiary/aromatic N) is 2. The van der Waals surface area contributed by atoms with Gasteiger partial charge < -0.3 is 4.74 Å². The first kappa shape index (κ1) is 17.5. The molecule has 4 nitrogen and oxygen atoms in total. The normalized spacial score (nSPS) is 16.7. The molecule has 1 atom stereocenters. The third-order valence-electron chi connectivity index (χ3n) is 4.31. The summed E-state index contributed by atoms with van der Waals surface area (Å²) in [6, 6.07) is 15.3. The number of amides is 1. The fraction of sp³-hybridized carbons (Fsp3) is 0.300. The summed E-state index contributed by atoms with van der Waals surface area (Å²) in [5.41, 5.74) is 2.95. The first-order chi connectivity index (χ1) is 12.1. The van der Waals surface area contributed by atoms with Crippen LogP contribution in [-0.4, -0.2) is 23.7 Å². The average Bonchev–Trinajstić information content (AvgIpc) is 3.08. The Labute approximate surface area is 153 Å². The van der Waals surface area contributed by atoms with Crippen LogP contribution in [0.5, 0.6) is 5.75 Å². The van der Waals surface area contributed by atoms with E-state index in [1.807, 2.05) is 55.5 Å². The Morgan fingerprint density at radius 2 is 1.88 bits per heavy atom. The van der Waals surface area contributed by atoms with Gasteiger partial charge in [0.1, 0.15) is 5.75 Å². The number of hydrazone groups is 1. The molecule has 0 N–H and O–H groups in total. The third kappa shape index (κ3) is 3.85. The highest BCUT2D eigenvalue weighted by Gasteiger charge is 2.32. The van der Waals surface area contributed by atoms with Crippen molar-refractivity contribution in [2.24, 2.45) is 5.10 Å². The SMILES string of the molecule is CCCC(=O)N1N=C(c2ccc(Cl)cc2)CC1c1ccc(OC)cc1. The van der Waals surface area contributed by atoms with Gasteiger partial charge in [-0.05, 0) is 41.8 Å². The van der Waals surface area contributed by atoms with Crippen LogP contribution in [0.2, 0.25) is 5.02 Å². The summed E-state index contributed by atoms with van der Waals surface area (Å²) in [4.78, 5) is 12.6. The summed E-state index contributed by atoms with van der Waals surface area (Å²) in [5, 5.41) is 6.96. The van der Waals surface area contributed by atoms with E-state index >= 15 is 0 Å². The van der Waals surface area contributed by atoms with Gasteiger partial charge in [-0.15, -0.1) is 0 Å². The van der Waals surface area contributed by atoms with Crippen LogP contribution in [0.25, 0.3) is 0 Å². The largest absolute Gasteiger partial charge is 0.497 e. The second kappa shape index (κ2) is 7.70. The van der Waals surface area contributed by atoms with Crippen LogP contribution in [0.3, 0.4) is 0 Å². The van der Waals surface area contributed by atoms with Crippen molar-refractivity contribution < 1.29 is 9.53 Å². The first-order valence-corrected chi connectivity index (χ1v) is 8.79. The molecule has 0 saturated heterocycles. The number of carbonyl (C=O) groups excluding carboxylic acids is 1. The summed E-state index contributed by atoms with van der Waals surface area (Å²) in [5.74, 6) is 0.847. The molecule has 0 radical (unpaired) electrons. The van der Waals surface area contributed by atoms with Gasteiger partial charge in [0.15, 0.2) is 0 Å². The van der Waals surface area contributed by atoms with E-state index < -0.39 is 0 Å². The van der Waals surface area contributed by atoms with Crippen molar-refractivity contribution in [3.8, 4) is 5.75 Å². The predicted octanol–water partition coefficient (Wildman–Crippen LogP) is 4.83. The highest BCUT2D eigenvalue weighted by Crippen LogP contribution is 2.34. The molecule has 0 fully saturated rings. The van der Waals surface area contributed by atoms with Gasteiger partial charge in [0.25, 0.3) is 0 Å². The minimum atomic E-state index is -0.0874. The highest BCUT2D eigenvalue weighted by atomic mass is 35.5. The summed E-state index contributed by atoms with van der Waals surface area (Å²) in [6.07, 6.45) is 1.98. The lowest BCUT2D eigenvalue weighted by atomic mass is 9.98. The lowest BCUT2D eigenvalue weighted by Gasteiger charge is -2.22. The van der Waals surface area contributed by atoms with Crippen molar-refractivity contribution >= 4 is 23.2 Å². The maximum atomic E-state index is 12.6. The molecule has 0 aliphatic carbocycles. The summed E-state index contributed by atoms with van der Waals surface area (Å²) < 4.78 is 5.22. The maximum Gasteiger partial charge on any atom is 0.243 e. The fourth-order valence-corrected chi connectivity index (χ4v) is 3.10. The van der Waals surface area contributed by atoms with Crippen LogP contribution < -0.4 is 4.74 Å². The van der Waals surface area contributed by atoms with E-state index in [2.05, 4.69) is 5.10 Å². The molecule has 1 amide bonds. The zero-order valence-electron chi connectivity index (χ0n) is 14.4. The van der Waals surface area contributed by atoms with Gasteiger partial charge in [-0.2, -0.15) is 5.10 Å². The zero-order chi connectivity index (χ0) is 17.8. The number of hydrogen-bond acceptors (Lipinski definition) is 3. The smallest absolute Gasteiger partial charge is 0.243 e. The van der Waals surface area contributed by atoms with Gasteiger partial charge in [0.05, 0.1) is 18.9 Å². The number of ether oxygens (including phenoxy) is 1. The summed E-state index contributed by atoms with van der Waals surface area (Å²) in [7, 11) is 1.64. The van der Waals surface area contributed by atoms with Gasteiger partial charge in [0.2, 0.25) is 5.91 Å². The van der Waals surface area contributed by atoms with E-state index in [0.29, 0.717) is 17.9 Å². The lowest BCUT2D eigenvalue weighted by Crippen LogP contribution is -2.26. The molecule has 5 heteroatoms. The molecule has 1 unspecified atom stereocenters. The molecule has 25 heavy (non-hydrogen) atoms. The highest BCUT2D eigenvalue weighted by molar-refractivity contribution is 6.30. The van der Waals surface area contributed by atoms with Crippen LogP contribution in [0.1, 0.15) is 43.4 Å². The van der Waals surface area contributed by atoms with E-state index in [-0.39, 0.29) is 11.9 Å². The molecule has 130 valence electrons. The molecule has 0 bridgehead atoms. The Kier molecular flexibility index (Phi) is 5.39. The molecule has 1 aliphatic heterocycles. The van der Waals surface area contributed by atoms with Gasteiger partial charge in [-0.3, -0.25) is 4.79 Å². The van der Waals surface area contributed by atoms with E-state index in [1.165, 1.54) is 0 Å². The molecule has 0 aromatic heterocycles. The van der Waals surface area contributed by atoms with E-state index in [4.69, 9.17) is 16.3 Å². The maximum absolute atomic E-state index is 12.6. The average molecular weight is 357 g/mol. The van der Waals surface area contributed by atoms with Gasteiger partial charge >= 0.3 is 0 Å². The Balaban J connectivity index is 1.91. The topological polar surface area (TPSA) is 41.9 Å². The predicted molar refractivity (Wildman–Crippen MR) is 100 cm³/mol. The van der Waals surface area contributed by atoms with Crippen LogP contribution in [0.15, 0.2) is 53.6 Å². The van der Waals surface area contributed by atoms with Crippen molar-refractivity contribution in [2.45, 2.75) is 32.2 Å². The van der Waals surface area contributed by atoms with E-state index in [0.717, 1.165) is 29.0 Å².